The van der Waals surface area contributed by atoms with Crippen molar-refractivity contribution in [3.05, 3.63) is 94.8 Å². The van der Waals surface area contributed by atoms with Crippen LogP contribution in [0.15, 0.2) is 72.4 Å². The number of Topliss-reactive ketones (excluding diaryl/α,β-unsaturated/α-hetero) is 1. The zero-order valence-corrected chi connectivity index (χ0v) is 22.5. The van der Waals surface area contributed by atoms with E-state index >= 15 is 0 Å². The van der Waals surface area contributed by atoms with Crippen molar-refractivity contribution in [2.45, 2.75) is 40.2 Å². The Morgan fingerprint density at radius 3 is 2.44 bits per heavy atom. The molecule has 1 amide bonds. The number of aliphatic hydroxyl groups excluding tert-OH is 1. The largest absolute Gasteiger partial charge is 0.507 e. The minimum Gasteiger partial charge on any atom is -0.507 e. The van der Waals surface area contributed by atoms with Gasteiger partial charge < -0.3 is 14.6 Å². The van der Waals surface area contributed by atoms with Gasteiger partial charge in [0.25, 0.3) is 11.7 Å². The van der Waals surface area contributed by atoms with Gasteiger partial charge in [-0.25, -0.2) is 0 Å². The number of aryl methyl sites for hydroxylation is 1. The molecular formula is C31H32N2O6. The lowest BCUT2D eigenvalue weighted by molar-refractivity contribution is -0.142. The molecule has 2 heterocycles. The molecule has 1 fully saturated rings. The molecule has 1 unspecified atom stereocenters. The van der Waals surface area contributed by atoms with Gasteiger partial charge in [-0.3, -0.25) is 24.3 Å². The molecule has 0 radical (unpaired) electrons. The summed E-state index contributed by atoms with van der Waals surface area (Å²) in [4.78, 5) is 44.3. The number of amides is 1. The number of carbonyl (C=O) groups excluding carboxylic acids is 3. The van der Waals surface area contributed by atoms with Crippen LogP contribution in [-0.2, 0) is 25.5 Å². The van der Waals surface area contributed by atoms with Crippen LogP contribution in [0, 0.1) is 12.8 Å². The van der Waals surface area contributed by atoms with Gasteiger partial charge in [0.05, 0.1) is 30.9 Å². The maximum absolute atomic E-state index is 13.4. The lowest BCUT2D eigenvalue weighted by Crippen LogP contribution is -2.29. The van der Waals surface area contributed by atoms with E-state index in [0.717, 1.165) is 5.56 Å². The van der Waals surface area contributed by atoms with E-state index in [0.29, 0.717) is 47.4 Å². The van der Waals surface area contributed by atoms with Crippen molar-refractivity contribution in [1.29, 1.82) is 0 Å². The fourth-order valence-corrected chi connectivity index (χ4v) is 4.44. The van der Waals surface area contributed by atoms with Gasteiger partial charge in [0, 0.05) is 17.4 Å². The molecule has 0 aliphatic carbocycles. The van der Waals surface area contributed by atoms with E-state index in [1.165, 1.54) is 4.90 Å². The van der Waals surface area contributed by atoms with E-state index in [-0.39, 0.29) is 23.7 Å². The first-order valence-electron chi connectivity index (χ1n) is 12.9. The highest BCUT2D eigenvalue weighted by Gasteiger charge is 2.47. The number of aliphatic hydroxyl groups is 1. The maximum Gasteiger partial charge on any atom is 0.310 e. The fraction of sp³-hybridized carbons (Fsp3) is 0.290. The minimum atomic E-state index is -0.945. The van der Waals surface area contributed by atoms with E-state index in [4.69, 9.17) is 9.47 Å². The van der Waals surface area contributed by atoms with E-state index in [1.807, 2.05) is 6.92 Å². The van der Waals surface area contributed by atoms with Crippen LogP contribution >= 0.6 is 0 Å². The van der Waals surface area contributed by atoms with Gasteiger partial charge in [-0.2, -0.15) is 0 Å². The molecule has 8 heteroatoms. The summed E-state index contributed by atoms with van der Waals surface area (Å²) in [6.07, 6.45) is 1.66. The van der Waals surface area contributed by atoms with Gasteiger partial charge in [-0.15, -0.1) is 0 Å². The van der Waals surface area contributed by atoms with Crippen molar-refractivity contribution in [2.75, 3.05) is 18.1 Å². The molecule has 8 nitrogen and oxygen atoms in total. The average molecular weight is 529 g/mol. The molecule has 0 spiro atoms. The fourth-order valence-electron chi connectivity index (χ4n) is 4.44. The Balaban J connectivity index is 1.75. The maximum atomic E-state index is 13.4. The third-order valence-corrected chi connectivity index (χ3v) is 6.30. The summed E-state index contributed by atoms with van der Waals surface area (Å²) in [5, 5.41) is 11.4. The first-order valence-corrected chi connectivity index (χ1v) is 12.9. The van der Waals surface area contributed by atoms with Crippen LogP contribution in [0.4, 0.5) is 5.69 Å². The molecule has 1 aliphatic rings. The third kappa shape index (κ3) is 6.00. The van der Waals surface area contributed by atoms with Crippen molar-refractivity contribution in [2.24, 2.45) is 5.92 Å². The molecule has 1 saturated heterocycles. The topological polar surface area (TPSA) is 106 Å². The zero-order valence-electron chi connectivity index (χ0n) is 22.5. The van der Waals surface area contributed by atoms with E-state index in [1.54, 1.807) is 73.8 Å². The van der Waals surface area contributed by atoms with E-state index in [2.05, 4.69) is 18.8 Å². The number of pyridine rings is 1. The second-order valence-corrected chi connectivity index (χ2v) is 9.76. The highest BCUT2D eigenvalue weighted by atomic mass is 16.5. The number of esters is 1. The van der Waals surface area contributed by atoms with Gasteiger partial charge in [0.1, 0.15) is 17.6 Å². The number of ether oxygens (including phenoxy) is 2. The summed E-state index contributed by atoms with van der Waals surface area (Å²) in [5.74, 6) is -1.19. The molecule has 0 saturated carbocycles. The van der Waals surface area contributed by atoms with Gasteiger partial charge in [0.2, 0.25) is 0 Å². The highest BCUT2D eigenvalue weighted by Crippen LogP contribution is 2.41. The highest BCUT2D eigenvalue weighted by molar-refractivity contribution is 6.51. The molecule has 2 aromatic carbocycles. The van der Waals surface area contributed by atoms with Gasteiger partial charge in [0.15, 0.2) is 0 Å². The minimum absolute atomic E-state index is 0.0513. The quantitative estimate of drug-likeness (QED) is 0.177. The van der Waals surface area contributed by atoms with Crippen molar-refractivity contribution in [3.63, 3.8) is 0 Å². The third-order valence-electron chi connectivity index (χ3n) is 6.30. The van der Waals surface area contributed by atoms with Crippen LogP contribution in [0.25, 0.3) is 5.76 Å². The molecule has 0 bridgehead atoms. The first-order chi connectivity index (χ1) is 18.7. The van der Waals surface area contributed by atoms with Gasteiger partial charge in [-0.05, 0) is 73.4 Å². The Kier molecular flexibility index (Phi) is 8.44. The smallest absolute Gasteiger partial charge is 0.310 e. The Morgan fingerprint density at radius 1 is 1.08 bits per heavy atom. The number of benzene rings is 2. The Hall–Kier alpha value is -4.46. The molecule has 202 valence electrons. The van der Waals surface area contributed by atoms with E-state index in [9.17, 15) is 19.5 Å². The summed E-state index contributed by atoms with van der Waals surface area (Å²) in [6, 6.07) is 16.2. The monoisotopic (exact) mass is 528 g/mol. The summed E-state index contributed by atoms with van der Waals surface area (Å²) in [7, 11) is 0. The van der Waals surface area contributed by atoms with Gasteiger partial charge in [-0.1, -0.05) is 32.0 Å². The molecule has 1 atom stereocenters. The Bertz CT molecular complexity index is 1400. The van der Waals surface area contributed by atoms with Crippen LogP contribution in [-0.4, -0.2) is 41.0 Å². The molecule has 1 aliphatic heterocycles. The summed E-state index contributed by atoms with van der Waals surface area (Å²) in [5.41, 5.74) is 2.71. The van der Waals surface area contributed by atoms with Crippen molar-refractivity contribution < 1.29 is 29.0 Å². The van der Waals surface area contributed by atoms with Gasteiger partial charge >= 0.3 is 5.97 Å². The first kappa shape index (κ1) is 27.6. The predicted octanol–water partition coefficient (Wildman–Crippen LogP) is 5.16. The molecular weight excluding hydrogens is 496 g/mol. The van der Waals surface area contributed by atoms with Crippen LogP contribution < -0.4 is 9.64 Å². The SMILES string of the molecule is CCOC(=O)Cc1ccc(N2C(=O)C(=O)/C(=C(\O)c3ccc(OCC(C)C)c(C)c3)C2c2ccccn2)cc1. The number of aromatic nitrogens is 1. The molecule has 39 heavy (non-hydrogen) atoms. The number of nitrogens with zero attached hydrogens (tertiary/aromatic N) is 2. The number of ketones is 1. The van der Waals surface area contributed by atoms with Crippen LogP contribution in [0.1, 0.15) is 49.2 Å². The second-order valence-electron chi connectivity index (χ2n) is 9.76. The molecule has 1 aromatic heterocycles. The van der Waals surface area contributed by atoms with Crippen molar-refractivity contribution in [1.82, 2.24) is 4.98 Å². The zero-order chi connectivity index (χ0) is 28.1. The number of anilines is 1. The normalized spacial score (nSPS) is 16.5. The number of hydrogen-bond donors (Lipinski definition) is 1. The standard InChI is InChI=1S/C31H32N2O6/c1-5-38-26(34)17-21-9-12-23(13-10-21)33-28(24-8-6-7-15-32-24)27(30(36)31(33)37)29(35)22-11-14-25(20(4)16-22)39-18-19(2)3/h6-16,19,28,35H,5,17-18H2,1-4H3/b29-27-. The summed E-state index contributed by atoms with van der Waals surface area (Å²) < 4.78 is 10.8. The Labute approximate surface area is 227 Å². The van der Waals surface area contributed by atoms with Crippen LogP contribution in [0.3, 0.4) is 0 Å². The molecule has 4 rings (SSSR count). The predicted molar refractivity (Wildman–Crippen MR) is 147 cm³/mol. The van der Waals surface area contributed by atoms with Crippen LogP contribution in [0.2, 0.25) is 0 Å². The lowest BCUT2D eigenvalue weighted by Gasteiger charge is -2.24. The van der Waals surface area contributed by atoms with E-state index < -0.39 is 17.7 Å². The molecule has 1 N–H and O–H groups in total. The average Bonchev–Trinajstić information content (AvgIpc) is 3.18. The second kappa shape index (κ2) is 11.9. The molecule has 3 aromatic rings. The summed E-state index contributed by atoms with van der Waals surface area (Å²) >= 11 is 0. The van der Waals surface area contributed by atoms with Crippen LogP contribution in [0.5, 0.6) is 5.75 Å². The number of hydrogen-bond acceptors (Lipinski definition) is 7. The number of rotatable bonds is 9. The number of carbonyl (C=O) groups is 3. The van der Waals surface area contributed by atoms with Crippen molar-refractivity contribution >= 4 is 29.1 Å². The lowest BCUT2D eigenvalue weighted by atomic mass is 9.97. The summed E-state index contributed by atoms with van der Waals surface area (Å²) in [6.45, 7) is 8.55. The van der Waals surface area contributed by atoms with Crippen molar-refractivity contribution in [3.8, 4) is 5.75 Å². The Morgan fingerprint density at radius 2 is 1.82 bits per heavy atom.